The average Bonchev–Trinajstić information content (AvgIpc) is 2.70. The van der Waals surface area contributed by atoms with Crippen molar-refractivity contribution in [3.05, 3.63) is 65.0 Å². The number of hydrogen-bond acceptors (Lipinski definition) is 4. The zero-order chi connectivity index (χ0) is 20.5. The lowest BCUT2D eigenvalue weighted by molar-refractivity contribution is -0.153. The van der Waals surface area contributed by atoms with Crippen molar-refractivity contribution < 1.29 is 19.1 Å². The molecule has 2 saturated heterocycles. The zero-order valence-electron chi connectivity index (χ0n) is 16.3. The third kappa shape index (κ3) is 4.10. The highest BCUT2D eigenvalue weighted by Crippen LogP contribution is 2.21. The van der Waals surface area contributed by atoms with E-state index in [1.165, 1.54) is 6.07 Å². The van der Waals surface area contributed by atoms with Crippen molar-refractivity contribution in [1.29, 1.82) is 0 Å². The standard InChI is InChI=1S/C22H24FN3O3/c1-14-2-7-18(23)16(10-14)12-25-8-9-26-20(13-25)21(28)24-19(22(26)29)11-15-3-5-17(27)6-4-15/h2-7,10,19-20,27H,8-9,11-13H2,1H3,(H,24,28)/t19-,20+/m0/s1. The average molecular weight is 397 g/mol. The van der Waals surface area contributed by atoms with Crippen LogP contribution in [0, 0.1) is 12.7 Å². The van der Waals surface area contributed by atoms with E-state index in [0.717, 1.165) is 11.1 Å². The summed E-state index contributed by atoms with van der Waals surface area (Å²) in [5.41, 5.74) is 2.46. The number of phenolic OH excluding ortho intramolecular Hbond substituents is 1. The van der Waals surface area contributed by atoms with Gasteiger partial charge >= 0.3 is 0 Å². The minimum Gasteiger partial charge on any atom is -0.508 e. The number of aromatic hydroxyl groups is 1. The molecule has 2 heterocycles. The van der Waals surface area contributed by atoms with Crippen molar-refractivity contribution in [3.8, 4) is 5.75 Å². The van der Waals surface area contributed by atoms with Gasteiger partial charge in [0.1, 0.15) is 23.7 Å². The van der Waals surface area contributed by atoms with E-state index in [4.69, 9.17) is 0 Å². The normalized spacial score (nSPS) is 22.3. The molecule has 2 aliphatic heterocycles. The molecule has 0 unspecified atom stereocenters. The molecule has 0 saturated carbocycles. The van der Waals surface area contributed by atoms with E-state index in [2.05, 4.69) is 5.32 Å². The molecule has 2 aromatic carbocycles. The lowest BCUT2D eigenvalue weighted by Crippen LogP contribution is -2.69. The molecule has 2 amide bonds. The zero-order valence-corrected chi connectivity index (χ0v) is 16.3. The predicted molar refractivity (Wildman–Crippen MR) is 106 cm³/mol. The van der Waals surface area contributed by atoms with Crippen LogP contribution in [0.4, 0.5) is 4.39 Å². The molecule has 2 atom stereocenters. The Morgan fingerprint density at radius 2 is 1.90 bits per heavy atom. The Balaban J connectivity index is 1.43. The molecule has 0 bridgehead atoms. The van der Waals surface area contributed by atoms with Crippen molar-refractivity contribution in [3.63, 3.8) is 0 Å². The number of amides is 2. The molecule has 6 nitrogen and oxygen atoms in total. The molecule has 0 radical (unpaired) electrons. The number of hydrogen-bond donors (Lipinski definition) is 2. The number of carbonyl (C=O) groups is 2. The Kier molecular flexibility index (Phi) is 5.24. The van der Waals surface area contributed by atoms with Crippen LogP contribution in [0.25, 0.3) is 0 Å². The van der Waals surface area contributed by atoms with Crippen LogP contribution in [-0.4, -0.2) is 58.4 Å². The third-order valence-corrected chi connectivity index (χ3v) is 5.64. The Morgan fingerprint density at radius 1 is 1.14 bits per heavy atom. The number of nitrogens with zero attached hydrogens (tertiary/aromatic N) is 2. The number of piperazine rings is 2. The molecule has 4 rings (SSSR count). The highest BCUT2D eigenvalue weighted by molar-refractivity contribution is 5.97. The fourth-order valence-corrected chi connectivity index (χ4v) is 4.07. The second kappa shape index (κ2) is 7.83. The van der Waals surface area contributed by atoms with Crippen molar-refractivity contribution in [1.82, 2.24) is 15.1 Å². The van der Waals surface area contributed by atoms with Gasteiger partial charge in [-0.05, 0) is 30.7 Å². The minimum atomic E-state index is -0.607. The van der Waals surface area contributed by atoms with Crippen molar-refractivity contribution in [2.75, 3.05) is 19.6 Å². The van der Waals surface area contributed by atoms with Crippen molar-refractivity contribution in [2.45, 2.75) is 32.0 Å². The predicted octanol–water partition coefficient (Wildman–Crippen LogP) is 1.59. The summed E-state index contributed by atoms with van der Waals surface area (Å²) in [4.78, 5) is 29.3. The first-order chi connectivity index (χ1) is 13.9. The molecule has 0 spiro atoms. The number of fused-ring (bicyclic) bond motifs is 1. The number of phenols is 1. The number of halogens is 1. The van der Waals surface area contributed by atoms with Gasteiger partial charge in [0.05, 0.1) is 0 Å². The number of nitrogens with one attached hydrogen (secondary N) is 1. The largest absolute Gasteiger partial charge is 0.508 e. The second-order valence-corrected chi connectivity index (χ2v) is 7.81. The first kappa shape index (κ1) is 19.4. The van der Waals surface area contributed by atoms with E-state index < -0.39 is 12.1 Å². The quantitative estimate of drug-likeness (QED) is 0.822. The summed E-state index contributed by atoms with van der Waals surface area (Å²) in [5, 5.41) is 12.2. The minimum absolute atomic E-state index is 0.0935. The highest BCUT2D eigenvalue weighted by Gasteiger charge is 2.43. The van der Waals surface area contributed by atoms with Crippen LogP contribution in [0.2, 0.25) is 0 Å². The fraction of sp³-hybridized carbons (Fsp3) is 0.364. The second-order valence-electron chi connectivity index (χ2n) is 7.81. The maximum absolute atomic E-state index is 14.1. The summed E-state index contributed by atoms with van der Waals surface area (Å²) >= 11 is 0. The summed E-state index contributed by atoms with van der Waals surface area (Å²) < 4.78 is 14.1. The summed E-state index contributed by atoms with van der Waals surface area (Å²) in [6.07, 6.45) is 0.381. The van der Waals surface area contributed by atoms with Crippen LogP contribution >= 0.6 is 0 Å². The maximum Gasteiger partial charge on any atom is 0.246 e. The van der Waals surface area contributed by atoms with Crippen LogP contribution in [-0.2, 0) is 22.6 Å². The molecular weight excluding hydrogens is 373 g/mol. The van der Waals surface area contributed by atoms with Crippen molar-refractivity contribution in [2.24, 2.45) is 0 Å². The summed E-state index contributed by atoms with van der Waals surface area (Å²) in [7, 11) is 0. The Morgan fingerprint density at radius 3 is 2.66 bits per heavy atom. The molecule has 0 aliphatic carbocycles. The monoisotopic (exact) mass is 397 g/mol. The van der Waals surface area contributed by atoms with Gasteiger partial charge in [-0.2, -0.15) is 0 Å². The Hall–Kier alpha value is -2.93. The number of benzene rings is 2. The van der Waals surface area contributed by atoms with Gasteiger partial charge in [0.15, 0.2) is 0 Å². The van der Waals surface area contributed by atoms with Crippen LogP contribution in [0.1, 0.15) is 16.7 Å². The summed E-state index contributed by atoms with van der Waals surface area (Å²) in [5.74, 6) is -0.364. The fourth-order valence-electron chi connectivity index (χ4n) is 4.07. The van der Waals surface area contributed by atoms with Gasteiger partial charge in [0.25, 0.3) is 0 Å². The molecule has 29 heavy (non-hydrogen) atoms. The molecule has 2 aliphatic rings. The number of rotatable bonds is 4. The Labute approximate surface area is 168 Å². The number of carbonyl (C=O) groups excluding carboxylic acids is 2. The SMILES string of the molecule is Cc1ccc(F)c(CN2CCN3C(=O)[C@H](Cc4ccc(O)cc4)NC(=O)[C@H]3C2)c1. The number of aryl methyl sites for hydroxylation is 1. The first-order valence-corrected chi connectivity index (χ1v) is 9.77. The van der Waals surface area contributed by atoms with E-state index in [0.29, 0.717) is 38.2 Å². The van der Waals surface area contributed by atoms with E-state index in [1.54, 1.807) is 35.2 Å². The lowest BCUT2D eigenvalue weighted by Gasteiger charge is -2.45. The Bertz CT molecular complexity index is 931. The molecular formula is C22H24FN3O3. The van der Waals surface area contributed by atoms with Crippen LogP contribution in [0.15, 0.2) is 42.5 Å². The topological polar surface area (TPSA) is 72.9 Å². The molecule has 7 heteroatoms. The maximum atomic E-state index is 14.1. The molecule has 152 valence electrons. The van der Waals surface area contributed by atoms with Gasteiger partial charge in [0.2, 0.25) is 11.8 Å². The van der Waals surface area contributed by atoms with Crippen LogP contribution in [0.5, 0.6) is 5.75 Å². The molecule has 2 fully saturated rings. The van der Waals surface area contributed by atoms with Gasteiger partial charge in [-0.1, -0.05) is 29.8 Å². The van der Waals surface area contributed by atoms with E-state index in [1.807, 2.05) is 17.9 Å². The molecule has 2 aromatic rings. The molecule has 0 aromatic heterocycles. The van der Waals surface area contributed by atoms with E-state index in [9.17, 15) is 19.1 Å². The smallest absolute Gasteiger partial charge is 0.246 e. The van der Waals surface area contributed by atoms with Gasteiger partial charge in [-0.3, -0.25) is 14.5 Å². The van der Waals surface area contributed by atoms with Gasteiger partial charge < -0.3 is 15.3 Å². The van der Waals surface area contributed by atoms with Crippen molar-refractivity contribution >= 4 is 11.8 Å². The van der Waals surface area contributed by atoms with Gasteiger partial charge in [-0.15, -0.1) is 0 Å². The van der Waals surface area contributed by atoms with E-state index >= 15 is 0 Å². The summed E-state index contributed by atoms with van der Waals surface area (Å²) in [6.45, 7) is 3.75. The van der Waals surface area contributed by atoms with Gasteiger partial charge in [0, 0.05) is 38.2 Å². The van der Waals surface area contributed by atoms with Crippen LogP contribution < -0.4 is 5.32 Å². The van der Waals surface area contributed by atoms with Crippen LogP contribution in [0.3, 0.4) is 0 Å². The molecule has 2 N–H and O–H groups in total. The third-order valence-electron chi connectivity index (χ3n) is 5.64. The lowest BCUT2D eigenvalue weighted by atomic mass is 9.98. The summed E-state index contributed by atoms with van der Waals surface area (Å²) in [6, 6.07) is 10.5. The van der Waals surface area contributed by atoms with E-state index in [-0.39, 0.29) is 23.4 Å². The highest BCUT2D eigenvalue weighted by atomic mass is 19.1. The first-order valence-electron chi connectivity index (χ1n) is 9.77. The van der Waals surface area contributed by atoms with Gasteiger partial charge in [-0.25, -0.2) is 4.39 Å².